The molecular formula is C14H26N4O2. The van der Waals surface area contributed by atoms with Gasteiger partial charge in [0.1, 0.15) is 11.4 Å². The predicted molar refractivity (Wildman–Crippen MR) is 79.2 cm³/mol. The van der Waals surface area contributed by atoms with Crippen LogP contribution in [-0.4, -0.2) is 36.1 Å². The second kappa shape index (κ2) is 7.19. The van der Waals surface area contributed by atoms with E-state index in [9.17, 15) is 4.79 Å². The minimum absolute atomic E-state index is 0.202. The molecule has 0 aliphatic carbocycles. The molecule has 1 aliphatic heterocycles. The topological polar surface area (TPSA) is 108 Å². The molecule has 6 nitrogen and oxygen atoms in total. The highest BCUT2D eigenvalue weighted by molar-refractivity contribution is 5.92. The van der Waals surface area contributed by atoms with Gasteiger partial charge in [0.2, 0.25) is 0 Å². The van der Waals surface area contributed by atoms with Crippen LogP contribution in [0.15, 0.2) is 23.2 Å². The average Bonchev–Trinajstić information content (AvgIpc) is 2.35. The summed E-state index contributed by atoms with van der Waals surface area (Å²) in [4.78, 5) is 14.1. The molecule has 1 rings (SSSR count). The van der Waals surface area contributed by atoms with Crippen molar-refractivity contribution in [3.63, 3.8) is 0 Å². The van der Waals surface area contributed by atoms with E-state index in [0.29, 0.717) is 17.1 Å². The number of allylic oxidation sites excluding steroid dienone is 1. The van der Waals surface area contributed by atoms with Gasteiger partial charge in [-0.2, -0.15) is 0 Å². The molecule has 1 heterocycles. The van der Waals surface area contributed by atoms with Crippen molar-refractivity contribution >= 4 is 5.97 Å². The lowest BCUT2D eigenvalue weighted by Crippen LogP contribution is -2.42. The standard InChI is InChI=1S/C14H26N4O2/c1-9(2)20-14(19)12(8-10(3)15)13(17)18-6-4-11(16)5-7-18/h8-9,11H,4-7,15-17H2,1-3H3/b10-8-,13-12-. The summed E-state index contributed by atoms with van der Waals surface area (Å²) >= 11 is 0. The molecule has 0 aromatic rings. The van der Waals surface area contributed by atoms with E-state index in [1.807, 2.05) is 4.90 Å². The number of esters is 1. The van der Waals surface area contributed by atoms with E-state index in [-0.39, 0.29) is 12.1 Å². The fraction of sp³-hybridized carbons (Fsp3) is 0.643. The number of hydrogen-bond acceptors (Lipinski definition) is 6. The van der Waals surface area contributed by atoms with Gasteiger partial charge < -0.3 is 26.8 Å². The number of likely N-dealkylation sites (tertiary alicyclic amines) is 1. The molecule has 1 fully saturated rings. The molecule has 1 saturated heterocycles. The number of hydrogen-bond donors (Lipinski definition) is 3. The van der Waals surface area contributed by atoms with E-state index in [4.69, 9.17) is 21.9 Å². The molecule has 0 atom stereocenters. The third-order valence-corrected chi connectivity index (χ3v) is 3.09. The number of piperidine rings is 1. The molecule has 0 saturated carbocycles. The molecule has 20 heavy (non-hydrogen) atoms. The number of carbonyl (C=O) groups excluding carboxylic acids is 1. The predicted octanol–water partition coefficient (Wildman–Crippen LogP) is 0.394. The van der Waals surface area contributed by atoms with Crippen LogP contribution in [0.1, 0.15) is 33.6 Å². The van der Waals surface area contributed by atoms with Crippen molar-refractivity contribution in [1.82, 2.24) is 4.90 Å². The lowest BCUT2D eigenvalue weighted by atomic mass is 10.1. The van der Waals surface area contributed by atoms with E-state index in [1.54, 1.807) is 26.8 Å². The summed E-state index contributed by atoms with van der Waals surface area (Å²) in [6, 6.07) is 0.205. The summed E-state index contributed by atoms with van der Waals surface area (Å²) in [6.07, 6.45) is 3.08. The van der Waals surface area contributed by atoms with Crippen molar-refractivity contribution in [1.29, 1.82) is 0 Å². The molecule has 0 aromatic heterocycles. The molecule has 6 N–H and O–H groups in total. The first-order valence-electron chi connectivity index (χ1n) is 6.96. The van der Waals surface area contributed by atoms with Gasteiger partial charge in [0, 0.05) is 24.8 Å². The summed E-state index contributed by atoms with van der Waals surface area (Å²) in [6.45, 7) is 6.78. The Hall–Kier alpha value is -1.69. The van der Waals surface area contributed by atoms with Gasteiger partial charge >= 0.3 is 5.97 Å². The van der Waals surface area contributed by atoms with Crippen LogP contribution in [0, 0.1) is 0 Å². The Bertz CT molecular complexity index is 403. The molecule has 0 spiro atoms. The number of nitrogens with zero attached hydrogens (tertiary/aromatic N) is 1. The number of nitrogens with two attached hydrogens (primary N) is 3. The third-order valence-electron chi connectivity index (χ3n) is 3.09. The monoisotopic (exact) mass is 282 g/mol. The normalized spacial score (nSPS) is 19.1. The largest absolute Gasteiger partial charge is 0.459 e. The number of carbonyl (C=O) groups is 1. The molecule has 0 amide bonds. The van der Waals surface area contributed by atoms with Crippen molar-refractivity contribution in [2.75, 3.05) is 13.1 Å². The fourth-order valence-electron chi connectivity index (χ4n) is 2.05. The lowest BCUT2D eigenvalue weighted by Gasteiger charge is -2.32. The Morgan fingerprint density at radius 3 is 2.30 bits per heavy atom. The van der Waals surface area contributed by atoms with Crippen LogP contribution in [0.5, 0.6) is 0 Å². The van der Waals surface area contributed by atoms with Crippen LogP contribution < -0.4 is 17.2 Å². The van der Waals surface area contributed by atoms with Gasteiger partial charge in [0.05, 0.1) is 6.10 Å². The maximum absolute atomic E-state index is 12.1. The SMILES string of the molecule is C/C(N)=C/C(C(=O)OC(C)C)=C(\N)N1CCC(N)CC1. The second-order valence-electron chi connectivity index (χ2n) is 5.47. The maximum atomic E-state index is 12.1. The van der Waals surface area contributed by atoms with Gasteiger partial charge in [-0.25, -0.2) is 4.79 Å². The van der Waals surface area contributed by atoms with Gasteiger partial charge in [-0.1, -0.05) is 0 Å². The summed E-state index contributed by atoms with van der Waals surface area (Å²) < 4.78 is 5.22. The van der Waals surface area contributed by atoms with Gasteiger partial charge in [-0.3, -0.25) is 0 Å². The van der Waals surface area contributed by atoms with Crippen LogP contribution in [-0.2, 0) is 9.53 Å². The zero-order valence-corrected chi connectivity index (χ0v) is 12.6. The minimum Gasteiger partial charge on any atom is -0.459 e. The Balaban J connectivity index is 2.98. The number of ether oxygens (including phenoxy) is 1. The Morgan fingerprint density at radius 1 is 1.30 bits per heavy atom. The van der Waals surface area contributed by atoms with Crippen molar-refractivity contribution in [3.8, 4) is 0 Å². The Labute approximate surface area is 120 Å². The lowest BCUT2D eigenvalue weighted by molar-refractivity contribution is -0.142. The van der Waals surface area contributed by atoms with Crippen molar-refractivity contribution < 1.29 is 9.53 Å². The van der Waals surface area contributed by atoms with Gasteiger partial charge in [-0.15, -0.1) is 0 Å². The highest BCUT2D eigenvalue weighted by Gasteiger charge is 2.22. The molecular weight excluding hydrogens is 256 g/mol. The van der Waals surface area contributed by atoms with E-state index in [1.165, 1.54) is 0 Å². The molecule has 0 radical (unpaired) electrons. The van der Waals surface area contributed by atoms with Gasteiger partial charge in [-0.05, 0) is 39.7 Å². The van der Waals surface area contributed by atoms with E-state index >= 15 is 0 Å². The van der Waals surface area contributed by atoms with E-state index in [2.05, 4.69) is 0 Å². The molecule has 114 valence electrons. The summed E-state index contributed by atoms with van der Waals surface area (Å²) in [5, 5.41) is 0. The van der Waals surface area contributed by atoms with Gasteiger partial charge in [0.15, 0.2) is 0 Å². The highest BCUT2D eigenvalue weighted by atomic mass is 16.5. The van der Waals surface area contributed by atoms with Crippen LogP contribution in [0.3, 0.4) is 0 Å². The molecule has 6 heteroatoms. The maximum Gasteiger partial charge on any atom is 0.342 e. The van der Waals surface area contributed by atoms with Crippen LogP contribution >= 0.6 is 0 Å². The van der Waals surface area contributed by atoms with Crippen molar-refractivity contribution in [2.24, 2.45) is 17.2 Å². The average molecular weight is 282 g/mol. The summed E-state index contributed by atoms with van der Waals surface area (Å²) in [5.74, 6) is -0.0375. The first-order valence-corrected chi connectivity index (χ1v) is 6.96. The summed E-state index contributed by atoms with van der Waals surface area (Å²) in [7, 11) is 0. The highest BCUT2D eigenvalue weighted by Crippen LogP contribution is 2.16. The second-order valence-corrected chi connectivity index (χ2v) is 5.47. The van der Waals surface area contributed by atoms with Crippen LogP contribution in [0.2, 0.25) is 0 Å². The van der Waals surface area contributed by atoms with E-state index < -0.39 is 5.97 Å². The van der Waals surface area contributed by atoms with Crippen molar-refractivity contribution in [3.05, 3.63) is 23.2 Å². The minimum atomic E-state index is -0.447. The summed E-state index contributed by atoms with van der Waals surface area (Å²) in [5.41, 5.74) is 18.5. The fourth-order valence-corrected chi connectivity index (χ4v) is 2.05. The Kier molecular flexibility index (Phi) is 5.88. The smallest absolute Gasteiger partial charge is 0.342 e. The van der Waals surface area contributed by atoms with E-state index in [0.717, 1.165) is 25.9 Å². The molecule has 0 aromatic carbocycles. The molecule has 0 unspecified atom stereocenters. The molecule has 1 aliphatic rings. The third kappa shape index (κ3) is 4.77. The van der Waals surface area contributed by atoms with Crippen LogP contribution in [0.4, 0.5) is 0 Å². The van der Waals surface area contributed by atoms with Gasteiger partial charge in [0.25, 0.3) is 0 Å². The van der Waals surface area contributed by atoms with Crippen molar-refractivity contribution in [2.45, 2.75) is 45.8 Å². The van der Waals surface area contributed by atoms with Crippen LogP contribution in [0.25, 0.3) is 0 Å². The molecule has 0 bridgehead atoms. The quantitative estimate of drug-likeness (QED) is 0.391. The zero-order valence-electron chi connectivity index (χ0n) is 12.6. The Morgan fingerprint density at radius 2 is 1.85 bits per heavy atom. The first kappa shape index (κ1) is 16.4. The first-order chi connectivity index (χ1) is 9.31. The zero-order chi connectivity index (χ0) is 15.3. The number of rotatable bonds is 4.